The molecule has 0 aromatic carbocycles. The topological polar surface area (TPSA) is 127 Å². The van der Waals surface area contributed by atoms with Gasteiger partial charge in [-0.2, -0.15) is 0 Å². The third-order valence-electron chi connectivity index (χ3n) is 1.57. The van der Waals surface area contributed by atoms with Crippen molar-refractivity contribution in [2.24, 2.45) is 5.73 Å². The first-order valence-corrected chi connectivity index (χ1v) is 3.57. The predicted molar refractivity (Wildman–Crippen MR) is 47.3 cm³/mol. The molecule has 0 unspecified atom stereocenters. The van der Waals surface area contributed by atoms with Crippen LogP contribution in [0, 0.1) is 0 Å². The van der Waals surface area contributed by atoms with Gasteiger partial charge in [-0.3, -0.25) is 0 Å². The van der Waals surface area contributed by atoms with E-state index in [1.807, 2.05) is 0 Å². The molecule has 6 nitrogen and oxygen atoms in total. The van der Waals surface area contributed by atoms with Gasteiger partial charge in [-0.1, -0.05) is 0 Å². The summed E-state index contributed by atoms with van der Waals surface area (Å²) in [5, 5.41) is 44.2. The monoisotopic (exact) mass is 221 g/mol. The fourth-order valence-corrected chi connectivity index (χ4v) is 0.703. The van der Waals surface area contributed by atoms with Gasteiger partial charge in [0.15, 0.2) is 0 Å². The Balaban J connectivity index is 0. The Bertz CT molecular complexity index is 114. The van der Waals surface area contributed by atoms with Gasteiger partial charge in [0.25, 0.3) is 0 Å². The fraction of sp³-hybridized carbons (Fsp3) is 1.00. The third kappa shape index (κ3) is 5.75. The molecule has 0 heterocycles. The van der Waals surface area contributed by atoms with E-state index in [4.69, 9.17) is 31.3 Å². The second-order valence-corrected chi connectivity index (χ2v) is 2.53. The number of rotatable bonds is 5. The molecule has 0 aromatic heterocycles. The number of hydrogen-bond acceptors (Lipinski definition) is 6. The Hall–Kier alpha value is 1.40. The summed E-state index contributed by atoms with van der Waals surface area (Å²) >= 11 is 0. The zero-order valence-corrected chi connectivity index (χ0v) is 6.54. The summed E-state index contributed by atoms with van der Waals surface area (Å²) in [7, 11) is 0. The molecule has 0 amide bonds. The van der Waals surface area contributed by atoms with Gasteiger partial charge in [0.05, 0.1) is 12.7 Å². The van der Waals surface area contributed by atoms with Crippen molar-refractivity contribution < 1.29 is 25.5 Å². The zero-order valence-electron chi connectivity index (χ0n) is 6.54. The van der Waals surface area contributed by atoms with Crippen molar-refractivity contribution in [1.29, 1.82) is 0 Å². The van der Waals surface area contributed by atoms with Crippen molar-refractivity contribution in [1.82, 2.24) is 0 Å². The van der Waals surface area contributed by atoms with E-state index in [9.17, 15) is 0 Å². The average Bonchev–Trinajstić information content (AvgIpc) is 2.12. The molecule has 0 fully saturated rings. The first kappa shape index (κ1) is 16.8. The Morgan fingerprint density at radius 1 is 0.923 bits per heavy atom. The van der Waals surface area contributed by atoms with Crippen LogP contribution in [0.25, 0.3) is 0 Å². The van der Waals surface area contributed by atoms with E-state index < -0.39 is 31.0 Å². The summed E-state index contributed by atoms with van der Waals surface area (Å²) in [6, 6.07) is 0. The summed E-state index contributed by atoms with van der Waals surface area (Å²) in [6.45, 7) is -0.911. The molecule has 7 N–H and O–H groups in total. The molecule has 0 aliphatic rings. The molecule has 0 radical (unpaired) electrons. The van der Waals surface area contributed by atoms with Crippen molar-refractivity contribution in [3.05, 3.63) is 0 Å². The minimum absolute atomic E-state index is 0. The second-order valence-electron chi connectivity index (χ2n) is 2.53. The summed E-state index contributed by atoms with van der Waals surface area (Å²) in [4.78, 5) is 0. The molecule has 0 saturated carbocycles. The molecule has 0 rings (SSSR count). The van der Waals surface area contributed by atoms with Crippen molar-refractivity contribution in [2.75, 3.05) is 13.2 Å². The van der Waals surface area contributed by atoms with Gasteiger partial charge in [0.1, 0.15) is 18.3 Å². The van der Waals surface area contributed by atoms with E-state index in [-0.39, 0.29) is 57.9 Å². The maximum absolute atomic E-state index is 9.04. The Morgan fingerprint density at radius 3 is 1.62 bits per heavy atom. The van der Waals surface area contributed by atoms with Crippen molar-refractivity contribution in [3.8, 4) is 0 Å². The van der Waals surface area contributed by atoms with Crippen molar-refractivity contribution in [2.45, 2.75) is 24.4 Å². The first-order chi connectivity index (χ1) is 5.54. The number of aliphatic hydroxyl groups is 5. The fourth-order valence-electron chi connectivity index (χ4n) is 0.703. The van der Waals surface area contributed by atoms with Gasteiger partial charge in [-0.05, 0) is 0 Å². The van der Waals surface area contributed by atoms with E-state index in [1.54, 1.807) is 0 Å². The quantitative estimate of drug-likeness (QED) is 0.261. The Kier molecular flexibility index (Phi) is 11.2. The molecular weight excluding hydrogens is 205 g/mol. The number of nitrogens with two attached hydrogens (primary N) is 1. The van der Waals surface area contributed by atoms with Gasteiger partial charge in [-0.25, -0.2) is 0 Å². The molecule has 13 heavy (non-hydrogen) atoms. The van der Waals surface area contributed by atoms with Gasteiger partial charge in [-0.15, -0.1) is 0 Å². The van der Waals surface area contributed by atoms with Crippen LogP contribution in [-0.4, -0.2) is 114 Å². The van der Waals surface area contributed by atoms with Gasteiger partial charge >= 0.3 is 51.4 Å². The molecular formula is C6H16KNO5. The first-order valence-electron chi connectivity index (χ1n) is 3.57. The zero-order chi connectivity index (χ0) is 9.72. The number of aliphatic hydroxyl groups excluding tert-OH is 5. The van der Waals surface area contributed by atoms with Crippen molar-refractivity contribution >= 4 is 51.4 Å². The average molecular weight is 221 g/mol. The summed E-state index contributed by atoms with van der Waals surface area (Å²) in [5.41, 5.74) is 4.99. The summed E-state index contributed by atoms with van der Waals surface area (Å²) < 4.78 is 0. The molecule has 4 atom stereocenters. The summed E-state index contributed by atoms with van der Waals surface area (Å²) in [6.07, 6.45) is -5.91. The van der Waals surface area contributed by atoms with E-state index in [1.165, 1.54) is 0 Å². The van der Waals surface area contributed by atoms with E-state index in [2.05, 4.69) is 0 Å². The molecule has 76 valence electrons. The minimum atomic E-state index is -1.59. The number of hydrogen-bond donors (Lipinski definition) is 6. The van der Waals surface area contributed by atoms with Crippen LogP contribution in [0.1, 0.15) is 0 Å². The normalized spacial score (nSPS) is 19.8. The van der Waals surface area contributed by atoms with Crippen LogP contribution in [-0.2, 0) is 0 Å². The molecule has 0 aliphatic carbocycles. The van der Waals surface area contributed by atoms with E-state index in [0.29, 0.717) is 0 Å². The van der Waals surface area contributed by atoms with Crippen LogP contribution < -0.4 is 5.73 Å². The third-order valence-corrected chi connectivity index (χ3v) is 1.57. The van der Waals surface area contributed by atoms with Crippen LogP contribution in [0.4, 0.5) is 0 Å². The van der Waals surface area contributed by atoms with Crippen LogP contribution >= 0.6 is 0 Å². The molecule has 0 aliphatic heterocycles. The second kappa shape index (κ2) is 8.68. The van der Waals surface area contributed by atoms with Crippen LogP contribution in [0.2, 0.25) is 0 Å². The molecule has 7 heteroatoms. The van der Waals surface area contributed by atoms with Crippen LogP contribution in [0.5, 0.6) is 0 Å². The molecule has 0 saturated heterocycles. The van der Waals surface area contributed by atoms with E-state index in [0.717, 1.165) is 0 Å². The van der Waals surface area contributed by atoms with Crippen LogP contribution in [0.15, 0.2) is 0 Å². The van der Waals surface area contributed by atoms with Crippen LogP contribution in [0.3, 0.4) is 0 Å². The van der Waals surface area contributed by atoms with E-state index >= 15 is 0 Å². The van der Waals surface area contributed by atoms with Gasteiger partial charge < -0.3 is 31.3 Å². The SMILES string of the molecule is NC[C@H](O)[C@@H](O)[C@H](O)[C@H](O)CO.[KH]. The standard InChI is InChI=1S/C6H15NO5.K.H/c7-1-3(9)5(11)6(12)4(10)2-8;;/h3-6,8-12H,1-2,7H2;;/t3-,4+,5+,6+;;/m0../s1. The predicted octanol–water partition coefficient (Wildman–Crippen LogP) is -4.27. The summed E-state index contributed by atoms with van der Waals surface area (Å²) in [5.74, 6) is 0. The van der Waals surface area contributed by atoms with Crippen molar-refractivity contribution in [3.63, 3.8) is 0 Å². The molecule has 0 bridgehead atoms. The van der Waals surface area contributed by atoms with Gasteiger partial charge in [0, 0.05) is 6.54 Å². The Labute approximate surface area is 119 Å². The molecule has 0 aromatic rings. The van der Waals surface area contributed by atoms with Gasteiger partial charge in [0.2, 0.25) is 0 Å². The maximum atomic E-state index is 9.04. The molecule has 0 spiro atoms. The Morgan fingerprint density at radius 2 is 1.31 bits per heavy atom.